The molecule has 1 aromatic carbocycles. The number of rotatable bonds is 2. The summed E-state index contributed by atoms with van der Waals surface area (Å²) in [4.78, 5) is 2.26. The average molecular weight is 222 g/mol. The predicted molar refractivity (Wildman–Crippen MR) is 63.6 cm³/mol. The zero-order chi connectivity index (χ0) is 11.8. The second-order valence-corrected chi connectivity index (χ2v) is 5.03. The van der Waals surface area contributed by atoms with E-state index in [-0.39, 0.29) is 17.4 Å². The van der Waals surface area contributed by atoms with Crippen LogP contribution < -0.4 is 5.73 Å². The molecule has 1 unspecified atom stereocenters. The summed E-state index contributed by atoms with van der Waals surface area (Å²) in [5.74, 6) is -0.132. The SMILES string of the molecule is CC(C)(c1ccccc1F)N1CCC(N)C1. The van der Waals surface area contributed by atoms with Crippen molar-refractivity contribution in [1.82, 2.24) is 4.90 Å². The molecule has 0 amide bonds. The average Bonchev–Trinajstić information content (AvgIpc) is 2.66. The van der Waals surface area contributed by atoms with Crippen molar-refractivity contribution >= 4 is 0 Å². The van der Waals surface area contributed by atoms with Crippen LogP contribution in [-0.4, -0.2) is 24.0 Å². The van der Waals surface area contributed by atoms with Crippen molar-refractivity contribution in [2.24, 2.45) is 5.73 Å². The topological polar surface area (TPSA) is 29.3 Å². The van der Waals surface area contributed by atoms with E-state index in [2.05, 4.69) is 18.7 Å². The summed E-state index contributed by atoms with van der Waals surface area (Å²) in [7, 11) is 0. The highest BCUT2D eigenvalue weighted by molar-refractivity contribution is 5.25. The molecule has 0 bridgehead atoms. The van der Waals surface area contributed by atoms with Crippen molar-refractivity contribution in [2.75, 3.05) is 13.1 Å². The molecule has 1 atom stereocenters. The van der Waals surface area contributed by atoms with Gasteiger partial charge in [0, 0.05) is 30.2 Å². The Hall–Kier alpha value is -0.930. The van der Waals surface area contributed by atoms with Crippen LogP contribution in [0.15, 0.2) is 24.3 Å². The van der Waals surface area contributed by atoms with Gasteiger partial charge in [0.1, 0.15) is 5.82 Å². The molecule has 0 aliphatic carbocycles. The van der Waals surface area contributed by atoms with Crippen LogP contribution >= 0.6 is 0 Å². The van der Waals surface area contributed by atoms with E-state index in [1.807, 2.05) is 12.1 Å². The molecule has 1 aromatic rings. The smallest absolute Gasteiger partial charge is 0.128 e. The van der Waals surface area contributed by atoms with Gasteiger partial charge >= 0.3 is 0 Å². The maximum absolute atomic E-state index is 13.8. The molecule has 1 heterocycles. The van der Waals surface area contributed by atoms with Crippen molar-refractivity contribution in [3.05, 3.63) is 35.6 Å². The highest BCUT2D eigenvalue weighted by Gasteiger charge is 2.34. The van der Waals surface area contributed by atoms with Crippen LogP contribution in [0.2, 0.25) is 0 Å². The Morgan fingerprint density at radius 1 is 1.38 bits per heavy atom. The summed E-state index contributed by atoms with van der Waals surface area (Å²) in [5.41, 5.74) is 6.38. The van der Waals surface area contributed by atoms with Crippen LogP contribution in [0.25, 0.3) is 0 Å². The van der Waals surface area contributed by atoms with Gasteiger partial charge in [0.25, 0.3) is 0 Å². The third-order valence-electron chi connectivity index (χ3n) is 3.55. The van der Waals surface area contributed by atoms with E-state index in [1.165, 1.54) is 6.07 Å². The zero-order valence-corrected chi connectivity index (χ0v) is 9.91. The standard InChI is InChI=1S/C13H19FN2/c1-13(2,16-8-7-10(15)9-16)11-5-3-4-6-12(11)14/h3-6,10H,7-9,15H2,1-2H3. The first-order valence-electron chi connectivity index (χ1n) is 5.77. The number of likely N-dealkylation sites (tertiary alicyclic amines) is 1. The summed E-state index contributed by atoms with van der Waals surface area (Å²) in [6.45, 7) is 5.91. The molecule has 0 spiro atoms. The predicted octanol–water partition coefficient (Wildman–Crippen LogP) is 2.09. The minimum Gasteiger partial charge on any atom is -0.326 e. The fourth-order valence-electron chi connectivity index (χ4n) is 2.42. The molecule has 2 nitrogen and oxygen atoms in total. The number of benzene rings is 1. The Labute approximate surface area is 96.2 Å². The van der Waals surface area contributed by atoms with Gasteiger partial charge in [-0.15, -0.1) is 0 Å². The van der Waals surface area contributed by atoms with Crippen LogP contribution in [0.4, 0.5) is 4.39 Å². The minimum atomic E-state index is -0.278. The number of nitrogens with zero attached hydrogens (tertiary/aromatic N) is 1. The molecule has 2 rings (SSSR count). The van der Waals surface area contributed by atoms with Crippen molar-refractivity contribution in [1.29, 1.82) is 0 Å². The lowest BCUT2D eigenvalue weighted by atomic mass is 9.92. The third-order valence-corrected chi connectivity index (χ3v) is 3.55. The molecule has 3 heteroatoms. The first-order chi connectivity index (χ1) is 7.51. The molecule has 88 valence electrons. The summed E-state index contributed by atoms with van der Waals surface area (Å²) < 4.78 is 13.8. The lowest BCUT2D eigenvalue weighted by Gasteiger charge is -2.36. The second kappa shape index (κ2) is 4.15. The van der Waals surface area contributed by atoms with E-state index in [9.17, 15) is 4.39 Å². The van der Waals surface area contributed by atoms with Crippen molar-refractivity contribution in [3.63, 3.8) is 0 Å². The molecule has 0 saturated carbocycles. The number of hydrogen-bond acceptors (Lipinski definition) is 2. The Kier molecular flexibility index (Phi) is 3.00. The van der Waals surface area contributed by atoms with Crippen LogP contribution in [0.1, 0.15) is 25.8 Å². The normalized spacial score (nSPS) is 22.6. The zero-order valence-electron chi connectivity index (χ0n) is 9.91. The van der Waals surface area contributed by atoms with Crippen molar-refractivity contribution in [3.8, 4) is 0 Å². The number of nitrogens with two attached hydrogens (primary N) is 1. The summed E-state index contributed by atoms with van der Waals surface area (Å²) >= 11 is 0. The molecule has 0 radical (unpaired) electrons. The van der Waals surface area contributed by atoms with E-state index in [0.29, 0.717) is 0 Å². The van der Waals surface area contributed by atoms with Gasteiger partial charge < -0.3 is 5.73 Å². The molecule has 0 aromatic heterocycles. The monoisotopic (exact) mass is 222 g/mol. The van der Waals surface area contributed by atoms with Gasteiger partial charge in [-0.25, -0.2) is 4.39 Å². The molecule has 2 N–H and O–H groups in total. The largest absolute Gasteiger partial charge is 0.326 e. The van der Waals surface area contributed by atoms with Gasteiger partial charge in [0.15, 0.2) is 0 Å². The number of halogens is 1. The Bertz CT molecular complexity index is 376. The van der Waals surface area contributed by atoms with Crippen molar-refractivity contribution in [2.45, 2.75) is 31.8 Å². The first kappa shape index (κ1) is 11.6. The summed E-state index contributed by atoms with van der Waals surface area (Å²) in [6.07, 6.45) is 0.998. The van der Waals surface area contributed by atoms with Gasteiger partial charge in [-0.1, -0.05) is 18.2 Å². The van der Waals surface area contributed by atoms with Crippen molar-refractivity contribution < 1.29 is 4.39 Å². The fourth-order valence-corrected chi connectivity index (χ4v) is 2.42. The molecule has 1 saturated heterocycles. The maximum atomic E-state index is 13.8. The van der Waals surface area contributed by atoms with Crippen LogP contribution in [0.3, 0.4) is 0 Å². The molecule has 1 aliphatic rings. The summed E-state index contributed by atoms with van der Waals surface area (Å²) in [5, 5.41) is 0. The van der Waals surface area contributed by atoms with Crippen LogP contribution in [0.5, 0.6) is 0 Å². The third kappa shape index (κ3) is 1.97. The van der Waals surface area contributed by atoms with E-state index >= 15 is 0 Å². The van der Waals surface area contributed by atoms with E-state index in [1.54, 1.807) is 6.07 Å². The fraction of sp³-hybridized carbons (Fsp3) is 0.538. The molecular weight excluding hydrogens is 203 g/mol. The highest BCUT2D eigenvalue weighted by atomic mass is 19.1. The molecular formula is C13H19FN2. The Morgan fingerprint density at radius 3 is 2.62 bits per heavy atom. The van der Waals surface area contributed by atoms with E-state index in [4.69, 9.17) is 5.73 Å². The second-order valence-electron chi connectivity index (χ2n) is 5.03. The van der Waals surface area contributed by atoms with Crippen LogP contribution in [0, 0.1) is 5.82 Å². The number of hydrogen-bond donors (Lipinski definition) is 1. The molecule has 16 heavy (non-hydrogen) atoms. The Balaban J connectivity index is 2.28. The lowest BCUT2D eigenvalue weighted by Crippen LogP contribution is -2.41. The van der Waals surface area contributed by atoms with Gasteiger partial charge in [-0.2, -0.15) is 0 Å². The van der Waals surface area contributed by atoms with Gasteiger partial charge in [0.05, 0.1) is 0 Å². The van der Waals surface area contributed by atoms with E-state index in [0.717, 1.165) is 25.1 Å². The quantitative estimate of drug-likeness (QED) is 0.830. The first-order valence-corrected chi connectivity index (χ1v) is 5.77. The Morgan fingerprint density at radius 2 is 2.06 bits per heavy atom. The maximum Gasteiger partial charge on any atom is 0.128 e. The van der Waals surface area contributed by atoms with Gasteiger partial charge in [0.2, 0.25) is 0 Å². The lowest BCUT2D eigenvalue weighted by molar-refractivity contribution is 0.149. The molecule has 1 fully saturated rings. The van der Waals surface area contributed by atoms with Crippen LogP contribution in [-0.2, 0) is 5.54 Å². The van der Waals surface area contributed by atoms with Gasteiger partial charge in [-0.3, -0.25) is 4.90 Å². The molecule has 1 aliphatic heterocycles. The highest BCUT2D eigenvalue weighted by Crippen LogP contribution is 2.32. The van der Waals surface area contributed by atoms with Gasteiger partial charge in [-0.05, 0) is 26.3 Å². The summed E-state index contributed by atoms with van der Waals surface area (Å²) in [6, 6.07) is 7.22. The van der Waals surface area contributed by atoms with E-state index < -0.39 is 0 Å². The minimum absolute atomic E-state index is 0.132.